The predicted molar refractivity (Wildman–Crippen MR) is 80.7 cm³/mol. The molecule has 0 saturated carbocycles. The fourth-order valence-electron chi connectivity index (χ4n) is 2.22. The van der Waals surface area contributed by atoms with Crippen molar-refractivity contribution in [3.05, 3.63) is 28.4 Å². The van der Waals surface area contributed by atoms with Crippen LogP contribution in [0.3, 0.4) is 0 Å². The molecule has 1 aromatic heterocycles. The minimum absolute atomic E-state index is 0.0711. The third-order valence-electron chi connectivity index (χ3n) is 3.16. The fourth-order valence-corrected chi connectivity index (χ4v) is 2.22. The number of aromatic nitrogens is 1. The van der Waals surface area contributed by atoms with Crippen LogP contribution in [0.25, 0.3) is 0 Å². The third kappa shape index (κ3) is 4.06. The highest BCUT2D eigenvalue weighted by molar-refractivity contribution is 5.69. The van der Waals surface area contributed by atoms with Crippen LogP contribution in [0.1, 0.15) is 27.2 Å². The lowest BCUT2D eigenvalue weighted by Gasteiger charge is -2.24. The molecule has 0 bridgehead atoms. The van der Waals surface area contributed by atoms with E-state index in [1.54, 1.807) is 4.90 Å². The topological polar surface area (TPSA) is 97.6 Å². The summed E-state index contributed by atoms with van der Waals surface area (Å²) in [5.41, 5.74) is -0.610. The zero-order valence-electron chi connectivity index (χ0n) is 12.9. The largest absolute Gasteiger partial charge is 0.444 e. The molecule has 2 rings (SSSR count). The third-order valence-corrected chi connectivity index (χ3v) is 3.16. The summed E-state index contributed by atoms with van der Waals surface area (Å²) in [7, 11) is 0. The molecule has 2 heterocycles. The van der Waals surface area contributed by atoms with Crippen LogP contribution in [-0.2, 0) is 4.74 Å². The highest BCUT2D eigenvalue weighted by Gasteiger charge is 2.31. The maximum absolute atomic E-state index is 12.0. The van der Waals surface area contributed by atoms with Crippen molar-refractivity contribution in [3.8, 4) is 0 Å². The molecule has 1 aliphatic heterocycles. The van der Waals surface area contributed by atoms with Crippen LogP contribution in [0.5, 0.6) is 0 Å². The van der Waals surface area contributed by atoms with Gasteiger partial charge in [-0.15, -0.1) is 0 Å². The molecule has 1 unspecified atom stereocenters. The van der Waals surface area contributed by atoms with Crippen LogP contribution >= 0.6 is 0 Å². The molecule has 1 saturated heterocycles. The Morgan fingerprint density at radius 1 is 1.55 bits per heavy atom. The van der Waals surface area contributed by atoms with Crippen molar-refractivity contribution in [1.29, 1.82) is 0 Å². The summed E-state index contributed by atoms with van der Waals surface area (Å²) in [4.78, 5) is 28.1. The van der Waals surface area contributed by atoms with Gasteiger partial charge in [-0.2, -0.15) is 0 Å². The molecule has 1 fully saturated rings. The summed E-state index contributed by atoms with van der Waals surface area (Å²) in [5.74, 6) is 0.225. The molecule has 1 N–H and O–H groups in total. The van der Waals surface area contributed by atoms with Crippen molar-refractivity contribution in [2.24, 2.45) is 0 Å². The van der Waals surface area contributed by atoms with E-state index in [1.165, 1.54) is 18.3 Å². The Labute approximate surface area is 128 Å². The quantitative estimate of drug-likeness (QED) is 0.680. The van der Waals surface area contributed by atoms with Crippen molar-refractivity contribution in [2.45, 2.75) is 38.8 Å². The van der Waals surface area contributed by atoms with Crippen molar-refractivity contribution in [2.75, 3.05) is 18.4 Å². The van der Waals surface area contributed by atoms with E-state index in [4.69, 9.17) is 4.74 Å². The Morgan fingerprint density at radius 3 is 2.91 bits per heavy atom. The molecular formula is C14H20N4O4. The first-order valence-electron chi connectivity index (χ1n) is 7.10. The van der Waals surface area contributed by atoms with Gasteiger partial charge in [-0.05, 0) is 33.3 Å². The zero-order chi connectivity index (χ0) is 16.3. The minimum atomic E-state index is -0.539. The molecule has 8 heteroatoms. The molecule has 0 radical (unpaired) electrons. The van der Waals surface area contributed by atoms with Crippen LogP contribution < -0.4 is 5.32 Å². The number of hydrogen-bond donors (Lipinski definition) is 1. The molecule has 1 aromatic rings. The number of likely N-dealkylation sites (tertiary alicyclic amines) is 1. The summed E-state index contributed by atoms with van der Waals surface area (Å²) in [6.45, 7) is 6.42. The molecule has 0 aliphatic carbocycles. The fraction of sp³-hybridized carbons (Fsp3) is 0.571. The maximum Gasteiger partial charge on any atom is 0.410 e. The molecule has 1 amide bonds. The number of nitrogens with zero attached hydrogens (tertiary/aromatic N) is 3. The van der Waals surface area contributed by atoms with Gasteiger partial charge in [-0.1, -0.05) is 0 Å². The average Bonchev–Trinajstić information content (AvgIpc) is 2.86. The first-order valence-corrected chi connectivity index (χ1v) is 7.10. The van der Waals surface area contributed by atoms with E-state index < -0.39 is 10.5 Å². The Balaban J connectivity index is 1.97. The van der Waals surface area contributed by atoms with E-state index in [1.807, 2.05) is 20.8 Å². The van der Waals surface area contributed by atoms with Crippen LogP contribution in [0.4, 0.5) is 16.3 Å². The van der Waals surface area contributed by atoms with Gasteiger partial charge in [0.2, 0.25) is 5.82 Å². The maximum atomic E-state index is 12.0. The number of carbonyl (C=O) groups is 1. The second kappa shape index (κ2) is 6.17. The normalized spacial score (nSPS) is 18.1. The number of carbonyl (C=O) groups excluding carboxylic acids is 1. The number of hydrogen-bond acceptors (Lipinski definition) is 6. The number of amides is 1. The molecule has 1 aliphatic rings. The molecule has 22 heavy (non-hydrogen) atoms. The lowest BCUT2D eigenvalue weighted by molar-refractivity contribution is -0.384. The molecule has 0 aromatic carbocycles. The highest BCUT2D eigenvalue weighted by Crippen LogP contribution is 2.24. The number of nitrogens with one attached hydrogen (secondary N) is 1. The minimum Gasteiger partial charge on any atom is -0.444 e. The summed E-state index contributed by atoms with van der Waals surface area (Å²) in [6.07, 6.45) is 1.82. The summed E-state index contributed by atoms with van der Waals surface area (Å²) in [5, 5.41) is 14.0. The smallest absolute Gasteiger partial charge is 0.410 e. The Bertz CT molecular complexity index is 570. The van der Waals surface area contributed by atoms with E-state index in [0.717, 1.165) is 0 Å². The van der Waals surface area contributed by atoms with Crippen molar-refractivity contribution in [3.63, 3.8) is 0 Å². The SMILES string of the molecule is CC(C)(C)OC(=O)N1CCC(Nc2ncccc2[N+](=O)[O-])C1. The van der Waals surface area contributed by atoms with Gasteiger partial charge in [-0.3, -0.25) is 10.1 Å². The number of pyridine rings is 1. The summed E-state index contributed by atoms with van der Waals surface area (Å²) >= 11 is 0. The second-order valence-electron chi connectivity index (χ2n) is 6.18. The number of anilines is 1. The lowest BCUT2D eigenvalue weighted by atomic mass is 10.2. The summed E-state index contributed by atoms with van der Waals surface area (Å²) < 4.78 is 5.32. The van der Waals surface area contributed by atoms with Gasteiger partial charge < -0.3 is 15.0 Å². The van der Waals surface area contributed by atoms with Crippen LogP contribution in [-0.4, -0.2) is 45.6 Å². The van der Waals surface area contributed by atoms with Crippen LogP contribution in [0.2, 0.25) is 0 Å². The monoisotopic (exact) mass is 308 g/mol. The lowest BCUT2D eigenvalue weighted by Crippen LogP contribution is -2.36. The average molecular weight is 308 g/mol. The Morgan fingerprint density at radius 2 is 2.27 bits per heavy atom. The van der Waals surface area contributed by atoms with Gasteiger partial charge in [0.1, 0.15) is 5.60 Å². The summed E-state index contributed by atoms with van der Waals surface area (Å²) in [6, 6.07) is 2.84. The van der Waals surface area contributed by atoms with E-state index in [-0.39, 0.29) is 23.6 Å². The van der Waals surface area contributed by atoms with E-state index in [2.05, 4.69) is 10.3 Å². The van der Waals surface area contributed by atoms with Gasteiger partial charge in [0.15, 0.2) is 0 Å². The first kappa shape index (κ1) is 16.0. The molecule has 0 spiro atoms. The number of ether oxygens (including phenoxy) is 1. The van der Waals surface area contributed by atoms with Gasteiger partial charge >= 0.3 is 11.8 Å². The first-order chi connectivity index (χ1) is 10.3. The van der Waals surface area contributed by atoms with Crippen molar-refractivity contribution in [1.82, 2.24) is 9.88 Å². The van der Waals surface area contributed by atoms with Gasteiger partial charge in [-0.25, -0.2) is 9.78 Å². The molecule has 120 valence electrons. The molecule has 8 nitrogen and oxygen atoms in total. The van der Waals surface area contributed by atoms with Crippen molar-refractivity contribution < 1.29 is 14.5 Å². The number of rotatable bonds is 3. The van der Waals surface area contributed by atoms with E-state index in [9.17, 15) is 14.9 Å². The Kier molecular flexibility index (Phi) is 4.48. The molecule has 1 atom stereocenters. The highest BCUT2D eigenvalue weighted by atomic mass is 16.6. The zero-order valence-corrected chi connectivity index (χ0v) is 12.9. The van der Waals surface area contributed by atoms with Crippen LogP contribution in [0, 0.1) is 10.1 Å². The predicted octanol–water partition coefficient (Wildman–Crippen LogP) is 2.41. The van der Waals surface area contributed by atoms with E-state index >= 15 is 0 Å². The standard InChI is InChI=1S/C14H20N4O4/c1-14(2,3)22-13(19)17-8-6-10(9-17)16-12-11(18(20)21)5-4-7-15-12/h4-5,7,10H,6,8-9H2,1-3H3,(H,15,16). The Hall–Kier alpha value is -2.38. The molecular weight excluding hydrogens is 288 g/mol. The second-order valence-corrected chi connectivity index (χ2v) is 6.18. The van der Waals surface area contributed by atoms with Crippen LogP contribution in [0.15, 0.2) is 18.3 Å². The van der Waals surface area contributed by atoms with Gasteiger partial charge in [0, 0.05) is 31.4 Å². The van der Waals surface area contributed by atoms with E-state index in [0.29, 0.717) is 19.5 Å². The van der Waals surface area contributed by atoms with Gasteiger partial charge in [0.05, 0.1) is 4.92 Å². The van der Waals surface area contributed by atoms with Crippen molar-refractivity contribution >= 4 is 17.6 Å². The number of nitro groups is 1. The van der Waals surface area contributed by atoms with Gasteiger partial charge in [0.25, 0.3) is 0 Å².